The van der Waals surface area contributed by atoms with Gasteiger partial charge in [-0.3, -0.25) is 0 Å². The summed E-state index contributed by atoms with van der Waals surface area (Å²) in [5, 5.41) is 14.8. The third-order valence-corrected chi connectivity index (χ3v) is 12.8. The molecule has 1 aliphatic carbocycles. The lowest BCUT2D eigenvalue weighted by Crippen LogP contribution is -1.98. The molecule has 0 fully saturated rings. The molecule has 0 aliphatic heterocycles. The molecule has 0 spiro atoms. The molecule has 11 aromatic carbocycles. The van der Waals surface area contributed by atoms with Gasteiger partial charge in [0, 0.05) is 22.3 Å². The molecule has 0 N–H and O–H groups in total. The van der Waals surface area contributed by atoms with Gasteiger partial charge in [-0.25, -0.2) is 9.97 Å². The normalized spacial score (nSPS) is 13.0. The first kappa shape index (κ1) is 32.9. The largest absolute Gasteiger partial charge is 0.228 e. The Morgan fingerprint density at radius 2 is 0.917 bits per heavy atom. The summed E-state index contributed by atoms with van der Waals surface area (Å²) in [7, 11) is 0. The Balaban J connectivity index is 1.07. The molecule has 1 aliphatic rings. The molecule has 12 aromatic rings. The molecule has 2 nitrogen and oxygen atoms in total. The van der Waals surface area contributed by atoms with E-state index >= 15 is 0 Å². The van der Waals surface area contributed by atoms with Gasteiger partial charge >= 0.3 is 0 Å². The molecule has 13 rings (SSSR count). The highest BCUT2D eigenvalue weighted by molar-refractivity contribution is 6.26. The van der Waals surface area contributed by atoms with Crippen molar-refractivity contribution >= 4 is 76.3 Å². The van der Waals surface area contributed by atoms with E-state index in [0.29, 0.717) is 5.82 Å². The van der Waals surface area contributed by atoms with Crippen molar-refractivity contribution in [2.24, 2.45) is 0 Å². The maximum absolute atomic E-state index is 5.83. The second-order valence-electron chi connectivity index (χ2n) is 16.0. The van der Waals surface area contributed by atoms with Gasteiger partial charge in [-0.1, -0.05) is 158 Å². The zero-order chi connectivity index (χ0) is 39.5. The van der Waals surface area contributed by atoms with Crippen LogP contribution in [-0.4, -0.2) is 9.97 Å². The van der Waals surface area contributed by atoms with Crippen LogP contribution in [0.1, 0.15) is 22.3 Å². The minimum absolute atomic E-state index is 0.705. The van der Waals surface area contributed by atoms with Crippen LogP contribution in [0, 0.1) is 12.3 Å². The lowest BCUT2D eigenvalue weighted by Gasteiger charge is -2.17. The second kappa shape index (κ2) is 12.4. The van der Waals surface area contributed by atoms with Crippen LogP contribution in [0.25, 0.3) is 121 Å². The van der Waals surface area contributed by atoms with E-state index < -0.39 is 0 Å². The number of rotatable bonds is 4. The predicted molar refractivity (Wildman–Crippen MR) is 253 cm³/mol. The van der Waals surface area contributed by atoms with Gasteiger partial charge < -0.3 is 0 Å². The van der Waals surface area contributed by atoms with Crippen LogP contribution < -0.4 is 0 Å². The molecule has 0 saturated heterocycles. The van der Waals surface area contributed by atoms with Crippen molar-refractivity contribution < 1.29 is 0 Å². The maximum atomic E-state index is 5.83. The van der Waals surface area contributed by atoms with Crippen LogP contribution in [0.3, 0.4) is 0 Å². The zero-order valence-corrected chi connectivity index (χ0v) is 32.4. The van der Waals surface area contributed by atoms with E-state index in [1.54, 1.807) is 0 Å². The van der Waals surface area contributed by atoms with Crippen LogP contribution in [0.2, 0.25) is 0 Å². The molecule has 0 atom stereocenters. The van der Waals surface area contributed by atoms with Gasteiger partial charge in [0.25, 0.3) is 0 Å². The summed E-state index contributed by atoms with van der Waals surface area (Å²) in [5.74, 6) is 3.51. The Hall–Kier alpha value is -8.12. The van der Waals surface area contributed by atoms with E-state index in [1.165, 1.54) is 87.1 Å². The Morgan fingerprint density at radius 1 is 0.383 bits per heavy atom. The number of benzene rings is 11. The number of hydrogen-bond donors (Lipinski definition) is 0. The van der Waals surface area contributed by atoms with Crippen molar-refractivity contribution in [2.75, 3.05) is 0 Å². The fourth-order valence-corrected chi connectivity index (χ4v) is 10.0. The number of terminal acetylenes is 1. The standard InChI is InChI=1S/C58H32N2/c1-2-34-8-5-9-35(30-34)31-50-44-15-4-3-14-43(44)45-25-24-42(32-51(45)50)52-33-53(46-26-20-40-18-16-36-10-6-12-38-21-27-47(46)56(40)54(36)38)60-58(59-52)49-29-23-41-19-17-37-11-7-13-39-22-28-48(49)57(41)55(37)39/h1,3-33H/b50-31+. The lowest BCUT2D eigenvalue weighted by molar-refractivity contribution is 1.19. The summed E-state index contributed by atoms with van der Waals surface area (Å²) >= 11 is 0. The fourth-order valence-electron chi connectivity index (χ4n) is 10.0. The fraction of sp³-hybridized carbons (Fsp3) is 0. The number of aromatic nitrogens is 2. The summed E-state index contributed by atoms with van der Waals surface area (Å²) in [4.78, 5) is 11.0. The Kier molecular flexibility index (Phi) is 6.82. The smallest absolute Gasteiger partial charge is 0.161 e. The predicted octanol–water partition coefficient (Wildman–Crippen LogP) is 14.8. The van der Waals surface area contributed by atoms with E-state index in [-0.39, 0.29) is 0 Å². The molecule has 1 heterocycles. The van der Waals surface area contributed by atoms with Crippen molar-refractivity contribution in [2.45, 2.75) is 0 Å². The highest BCUT2D eigenvalue weighted by Crippen LogP contribution is 2.47. The van der Waals surface area contributed by atoms with Crippen LogP contribution in [0.5, 0.6) is 0 Å². The summed E-state index contributed by atoms with van der Waals surface area (Å²) in [6.45, 7) is 0. The van der Waals surface area contributed by atoms with Crippen molar-refractivity contribution in [1.29, 1.82) is 0 Å². The topological polar surface area (TPSA) is 25.8 Å². The van der Waals surface area contributed by atoms with Crippen LogP contribution in [-0.2, 0) is 0 Å². The van der Waals surface area contributed by atoms with E-state index in [9.17, 15) is 0 Å². The number of nitrogens with zero attached hydrogens (tertiary/aromatic N) is 2. The Bertz CT molecular complexity index is 3640. The molecule has 0 saturated carbocycles. The van der Waals surface area contributed by atoms with Crippen molar-refractivity contribution in [3.63, 3.8) is 0 Å². The Morgan fingerprint density at radius 3 is 1.60 bits per heavy atom. The second-order valence-corrected chi connectivity index (χ2v) is 16.0. The van der Waals surface area contributed by atoms with Gasteiger partial charge in [-0.05, 0) is 134 Å². The SMILES string of the molecule is C#Cc1cccc(/C=C2\c3ccccc3-c3ccc(-c4cc(-c5ccc6ccc7cccc8ccc5c6c78)nc(-c5ccc6ccc7cccc8ccc5c6c78)n4)cc32)c1. The van der Waals surface area contributed by atoms with Crippen molar-refractivity contribution in [3.05, 3.63) is 204 Å². The first-order chi connectivity index (χ1) is 29.7. The molecule has 274 valence electrons. The molecule has 0 radical (unpaired) electrons. The van der Waals surface area contributed by atoms with Gasteiger partial charge in [-0.2, -0.15) is 0 Å². The summed E-state index contributed by atoms with van der Waals surface area (Å²) in [6.07, 6.45) is 8.09. The third kappa shape index (κ3) is 4.78. The molecule has 1 aromatic heterocycles. The molecule has 0 unspecified atom stereocenters. The van der Waals surface area contributed by atoms with E-state index in [0.717, 1.165) is 44.6 Å². The number of fused-ring (bicyclic) bond motifs is 3. The Labute approximate surface area is 346 Å². The van der Waals surface area contributed by atoms with Crippen LogP contribution >= 0.6 is 0 Å². The molecule has 0 bridgehead atoms. The molecular formula is C58H32N2. The molecule has 0 amide bonds. The van der Waals surface area contributed by atoms with Crippen molar-refractivity contribution in [3.8, 4) is 57.4 Å². The lowest BCUT2D eigenvalue weighted by atomic mass is 9.90. The highest BCUT2D eigenvalue weighted by atomic mass is 14.9. The van der Waals surface area contributed by atoms with Gasteiger partial charge in [0.2, 0.25) is 0 Å². The average molecular weight is 757 g/mol. The molecule has 60 heavy (non-hydrogen) atoms. The van der Waals surface area contributed by atoms with Gasteiger partial charge in [-0.15, -0.1) is 6.42 Å². The monoisotopic (exact) mass is 756 g/mol. The summed E-state index contributed by atoms with van der Waals surface area (Å²) in [6, 6.07) is 65.9. The minimum atomic E-state index is 0.705. The summed E-state index contributed by atoms with van der Waals surface area (Å²) < 4.78 is 0. The number of hydrogen-bond acceptors (Lipinski definition) is 2. The van der Waals surface area contributed by atoms with Crippen LogP contribution in [0.15, 0.2) is 182 Å². The molecule has 2 heteroatoms. The van der Waals surface area contributed by atoms with Crippen molar-refractivity contribution in [1.82, 2.24) is 9.97 Å². The van der Waals surface area contributed by atoms with Gasteiger partial charge in [0.1, 0.15) is 0 Å². The van der Waals surface area contributed by atoms with E-state index in [4.69, 9.17) is 16.4 Å². The van der Waals surface area contributed by atoms with E-state index in [1.807, 2.05) is 12.1 Å². The quantitative estimate of drug-likeness (QED) is 0.132. The highest BCUT2D eigenvalue weighted by Gasteiger charge is 2.25. The minimum Gasteiger partial charge on any atom is -0.228 e. The average Bonchev–Trinajstić information content (AvgIpc) is 3.61. The van der Waals surface area contributed by atoms with Crippen LogP contribution in [0.4, 0.5) is 0 Å². The first-order valence-electron chi connectivity index (χ1n) is 20.4. The van der Waals surface area contributed by atoms with E-state index in [2.05, 4.69) is 182 Å². The van der Waals surface area contributed by atoms with Gasteiger partial charge in [0.05, 0.1) is 11.4 Å². The molecular weight excluding hydrogens is 725 g/mol. The zero-order valence-electron chi connectivity index (χ0n) is 32.4. The summed E-state index contributed by atoms with van der Waals surface area (Å²) in [5.41, 5.74) is 12.8. The third-order valence-electron chi connectivity index (χ3n) is 12.8. The van der Waals surface area contributed by atoms with Gasteiger partial charge in [0.15, 0.2) is 5.82 Å². The maximum Gasteiger partial charge on any atom is 0.161 e. The first-order valence-corrected chi connectivity index (χ1v) is 20.4.